The Morgan fingerprint density at radius 2 is 1.72 bits per heavy atom. The Bertz CT molecular complexity index is 902. The second kappa shape index (κ2) is 8.85. The van der Waals surface area contributed by atoms with Gasteiger partial charge in [-0.3, -0.25) is 24.6 Å². The molecule has 2 saturated heterocycles. The predicted octanol–water partition coefficient (Wildman–Crippen LogP) is 2.54. The monoisotopic (exact) mass is 438 g/mol. The van der Waals surface area contributed by atoms with Crippen molar-refractivity contribution in [3.63, 3.8) is 0 Å². The summed E-state index contributed by atoms with van der Waals surface area (Å²) in [4.78, 5) is 43.5. The highest BCUT2D eigenvalue weighted by molar-refractivity contribution is 6.05. The molecule has 3 aliphatic heterocycles. The quantitative estimate of drug-likeness (QED) is 0.732. The van der Waals surface area contributed by atoms with Crippen molar-refractivity contribution in [1.82, 2.24) is 15.1 Å². The van der Waals surface area contributed by atoms with Gasteiger partial charge in [0, 0.05) is 56.4 Å². The standard InChI is InChI=1S/C25H34N4O3/c1-17(18-5-3-2-4-6-18)27-11-13-28(14-12-27)20-8-7-19-16-29(25(32)21(19)15-20)22-9-10-23(30)26-24(22)31/h7-8,15,17-18,22H,2-6,9-14,16H2,1H3,(H,26,30,31). The maximum atomic E-state index is 13.1. The summed E-state index contributed by atoms with van der Waals surface area (Å²) in [6, 6.07) is 6.25. The fourth-order valence-corrected chi connectivity index (χ4v) is 6.04. The van der Waals surface area contributed by atoms with Crippen LogP contribution in [0.5, 0.6) is 0 Å². The maximum absolute atomic E-state index is 13.1. The van der Waals surface area contributed by atoms with Gasteiger partial charge in [0.1, 0.15) is 6.04 Å². The minimum Gasteiger partial charge on any atom is -0.369 e. The highest BCUT2D eigenvalue weighted by Gasteiger charge is 2.39. The van der Waals surface area contributed by atoms with Crippen LogP contribution in [0, 0.1) is 5.92 Å². The van der Waals surface area contributed by atoms with Gasteiger partial charge in [-0.25, -0.2) is 0 Å². The second-order valence-corrected chi connectivity index (χ2v) is 9.90. The largest absolute Gasteiger partial charge is 0.369 e. The van der Waals surface area contributed by atoms with Crippen LogP contribution in [0.4, 0.5) is 5.69 Å². The van der Waals surface area contributed by atoms with Gasteiger partial charge in [0.25, 0.3) is 5.91 Å². The Morgan fingerprint density at radius 1 is 0.969 bits per heavy atom. The number of piperazine rings is 1. The Balaban J connectivity index is 1.22. The molecule has 172 valence electrons. The highest BCUT2D eigenvalue weighted by atomic mass is 16.2. The van der Waals surface area contributed by atoms with Crippen molar-refractivity contribution in [3.8, 4) is 0 Å². The first-order valence-electron chi connectivity index (χ1n) is 12.3. The summed E-state index contributed by atoms with van der Waals surface area (Å²) in [5.74, 6) is 0.132. The summed E-state index contributed by atoms with van der Waals surface area (Å²) in [5, 5.41) is 2.37. The molecule has 3 fully saturated rings. The van der Waals surface area contributed by atoms with Gasteiger partial charge in [0.05, 0.1) is 0 Å². The summed E-state index contributed by atoms with van der Waals surface area (Å²) in [6.07, 6.45) is 7.59. The van der Waals surface area contributed by atoms with E-state index in [1.54, 1.807) is 4.90 Å². The molecule has 7 heteroatoms. The average molecular weight is 439 g/mol. The van der Waals surface area contributed by atoms with Crippen molar-refractivity contribution in [1.29, 1.82) is 0 Å². The third-order valence-electron chi connectivity index (χ3n) is 8.10. The van der Waals surface area contributed by atoms with Crippen LogP contribution in [0.1, 0.15) is 67.8 Å². The molecular weight excluding hydrogens is 404 g/mol. The van der Waals surface area contributed by atoms with Gasteiger partial charge in [0.15, 0.2) is 0 Å². The summed E-state index contributed by atoms with van der Waals surface area (Å²) >= 11 is 0. The number of piperidine rings is 1. The number of nitrogens with zero attached hydrogens (tertiary/aromatic N) is 3. The molecule has 1 saturated carbocycles. The van der Waals surface area contributed by atoms with Crippen LogP contribution >= 0.6 is 0 Å². The first-order valence-corrected chi connectivity index (χ1v) is 12.3. The van der Waals surface area contributed by atoms with Gasteiger partial charge in [-0.2, -0.15) is 0 Å². The van der Waals surface area contributed by atoms with Crippen LogP contribution in [0.15, 0.2) is 18.2 Å². The Labute approximate surface area is 190 Å². The van der Waals surface area contributed by atoms with Gasteiger partial charge in [-0.15, -0.1) is 0 Å². The summed E-state index contributed by atoms with van der Waals surface area (Å²) in [6.45, 7) is 6.91. The maximum Gasteiger partial charge on any atom is 0.255 e. The number of hydrogen-bond acceptors (Lipinski definition) is 5. The lowest BCUT2D eigenvalue weighted by molar-refractivity contribution is -0.136. The van der Waals surface area contributed by atoms with E-state index in [4.69, 9.17) is 0 Å². The lowest BCUT2D eigenvalue weighted by Gasteiger charge is -2.42. The Morgan fingerprint density at radius 3 is 2.44 bits per heavy atom. The molecular formula is C25H34N4O3. The van der Waals surface area contributed by atoms with Crippen molar-refractivity contribution >= 4 is 23.4 Å². The van der Waals surface area contributed by atoms with E-state index in [-0.39, 0.29) is 24.1 Å². The lowest BCUT2D eigenvalue weighted by atomic mass is 9.84. The van der Waals surface area contributed by atoms with Gasteiger partial charge in [-0.1, -0.05) is 25.3 Å². The summed E-state index contributed by atoms with van der Waals surface area (Å²) in [5.41, 5.74) is 2.76. The fourth-order valence-electron chi connectivity index (χ4n) is 6.04. The van der Waals surface area contributed by atoms with E-state index in [1.807, 2.05) is 12.1 Å². The third-order valence-corrected chi connectivity index (χ3v) is 8.10. The molecule has 2 atom stereocenters. The van der Waals surface area contributed by atoms with E-state index in [2.05, 4.69) is 28.1 Å². The van der Waals surface area contributed by atoms with E-state index < -0.39 is 6.04 Å². The second-order valence-electron chi connectivity index (χ2n) is 9.90. The van der Waals surface area contributed by atoms with Crippen molar-refractivity contribution < 1.29 is 14.4 Å². The van der Waals surface area contributed by atoms with E-state index in [1.165, 1.54) is 32.1 Å². The number of imide groups is 1. The first kappa shape index (κ1) is 21.4. The van der Waals surface area contributed by atoms with Crippen molar-refractivity contribution in [2.75, 3.05) is 31.1 Å². The molecule has 0 bridgehead atoms. The summed E-state index contributed by atoms with van der Waals surface area (Å²) < 4.78 is 0. The van der Waals surface area contributed by atoms with Crippen molar-refractivity contribution in [2.45, 2.75) is 70.5 Å². The highest BCUT2D eigenvalue weighted by Crippen LogP contribution is 2.32. The molecule has 1 N–H and O–H groups in total. The van der Waals surface area contributed by atoms with Crippen LogP contribution in [0.25, 0.3) is 0 Å². The number of carbonyl (C=O) groups is 3. The molecule has 5 rings (SSSR count). The molecule has 1 aromatic carbocycles. The number of nitrogens with one attached hydrogen (secondary N) is 1. The number of fused-ring (bicyclic) bond motifs is 1. The Kier molecular flexibility index (Phi) is 5.93. The van der Waals surface area contributed by atoms with Gasteiger partial charge < -0.3 is 9.80 Å². The molecule has 0 aromatic heterocycles. The molecule has 1 aromatic rings. The molecule has 4 aliphatic rings. The molecule has 2 unspecified atom stereocenters. The van der Waals surface area contributed by atoms with Crippen molar-refractivity contribution in [2.24, 2.45) is 5.92 Å². The molecule has 0 radical (unpaired) electrons. The number of hydrogen-bond donors (Lipinski definition) is 1. The lowest BCUT2D eigenvalue weighted by Crippen LogP contribution is -2.52. The Hall–Kier alpha value is -2.41. The molecule has 3 amide bonds. The van der Waals surface area contributed by atoms with Crippen LogP contribution in [-0.2, 0) is 16.1 Å². The number of amides is 3. The number of rotatable bonds is 4. The van der Waals surface area contributed by atoms with E-state index >= 15 is 0 Å². The van der Waals surface area contributed by atoms with Gasteiger partial charge in [-0.05, 0) is 49.8 Å². The van der Waals surface area contributed by atoms with Crippen LogP contribution in [0.2, 0.25) is 0 Å². The zero-order chi connectivity index (χ0) is 22.2. The van der Waals surface area contributed by atoms with Crippen molar-refractivity contribution in [3.05, 3.63) is 29.3 Å². The minimum absolute atomic E-state index is 0.0964. The number of carbonyl (C=O) groups excluding carboxylic acids is 3. The molecule has 1 aliphatic carbocycles. The van der Waals surface area contributed by atoms with Crippen LogP contribution in [0.3, 0.4) is 0 Å². The predicted molar refractivity (Wildman–Crippen MR) is 122 cm³/mol. The number of anilines is 1. The van der Waals surface area contributed by atoms with Crippen LogP contribution < -0.4 is 10.2 Å². The molecule has 0 spiro atoms. The molecule has 3 heterocycles. The van der Waals surface area contributed by atoms with E-state index in [9.17, 15) is 14.4 Å². The average Bonchev–Trinajstić information content (AvgIpc) is 3.15. The van der Waals surface area contributed by atoms with Gasteiger partial charge in [0.2, 0.25) is 11.8 Å². The SMILES string of the molecule is CC(C1CCCCC1)N1CCN(c2ccc3c(c2)C(=O)N(C2CCC(=O)NC2=O)C3)CC1. The normalized spacial score (nSPS) is 26.3. The number of benzene rings is 1. The fraction of sp³-hybridized carbons (Fsp3) is 0.640. The first-order chi connectivity index (χ1) is 15.5. The third kappa shape index (κ3) is 4.03. The van der Waals surface area contributed by atoms with Gasteiger partial charge >= 0.3 is 0 Å². The topological polar surface area (TPSA) is 73.0 Å². The summed E-state index contributed by atoms with van der Waals surface area (Å²) in [7, 11) is 0. The molecule has 7 nitrogen and oxygen atoms in total. The van der Waals surface area contributed by atoms with E-state index in [0.29, 0.717) is 24.6 Å². The van der Waals surface area contributed by atoms with Crippen LogP contribution in [-0.4, -0.2) is 65.8 Å². The van der Waals surface area contributed by atoms with E-state index in [0.717, 1.165) is 43.3 Å². The zero-order valence-corrected chi connectivity index (χ0v) is 19.0. The smallest absolute Gasteiger partial charge is 0.255 e. The zero-order valence-electron chi connectivity index (χ0n) is 19.0. The molecule has 32 heavy (non-hydrogen) atoms. The minimum atomic E-state index is -0.555.